The average Bonchev–Trinajstić information content (AvgIpc) is 2.63. The number of hydrogen-bond acceptors (Lipinski definition) is 2. The van der Waals surface area contributed by atoms with Crippen molar-refractivity contribution in [1.82, 2.24) is 4.90 Å². The van der Waals surface area contributed by atoms with Gasteiger partial charge >= 0.3 is 6.61 Å². The summed E-state index contributed by atoms with van der Waals surface area (Å²) in [5.74, 6) is 0.197. The fourth-order valence-corrected chi connectivity index (χ4v) is 2.35. The molecule has 1 aliphatic rings. The highest BCUT2D eigenvalue weighted by atomic mass is 79.9. The van der Waals surface area contributed by atoms with E-state index in [9.17, 15) is 13.6 Å². The van der Waals surface area contributed by atoms with Gasteiger partial charge < -0.3 is 9.64 Å². The van der Waals surface area contributed by atoms with Crippen LogP contribution in [0.25, 0.3) is 0 Å². The molecular formula is C12H12BrF2NO2. The number of alkyl halides is 3. The monoisotopic (exact) mass is 319 g/mol. The van der Waals surface area contributed by atoms with Crippen molar-refractivity contribution in [2.45, 2.75) is 24.4 Å². The van der Waals surface area contributed by atoms with E-state index in [4.69, 9.17) is 0 Å². The second-order valence-electron chi connectivity index (χ2n) is 4.04. The van der Waals surface area contributed by atoms with Crippen LogP contribution >= 0.6 is 15.9 Å². The Morgan fingerprint density at radius 1 is 1.39 bits per heavy atom. The first kappa shape index (κ1) is 13.3. The lowest BCUT2D eigenvalue weighted by atomic mass is 10.2. The summed E-state index contributed by atoms with van der Waals surface area (Å²) in [7, 11) is 0. The van der Waals surface area contributed by atoms with E-state index in [0.717, 1.165) is 12.0 Å². The molecule has 1 aliphatic heterocycles. The molecule has 1 amide bonds. The van der Waals surface area contributed by atoms with Gasteiger partial charge in [0.2, 0.25) is 5.91 Å². The Balaban J connectivity index is 1.96. The zero-order valence-corrected chi connectivity index (χ0v) is 11.1. The van der Waals surface area contributed by atoms with Crippen LogP contribution in [0, 0.1) is 0 Å². The Kier molecular flexibility index (Phi) is 4.16. The number of ether oxygens (including phenoxy) is 1. The molecular weight excluding hydrogens is 308 g/mol. The summed E-state index contributed by atoms with van der Waals surface area (Å²) in [5, 5.41) is 0. The molecule has 1 saturated heterocycles. The van der Waals surface area contributed by atoms with Gasteiger partial charge in [0.15, 0.2) is 0 Å². The Morgan fingerprint density at radius 2 is 2.06 bits per heavy atom. The van der Waals surface area contributed by atoms with Gasteiger partial charge in [0.25, 0.3) is 0 Å². The van der Waals surface area contributed by atoms with Crippen molar-refractivity contribution in [3.63, 3.8) is 0 Å². The van der Waals surface area contributed by atoms with Gasteiger partial charge in [-0.05, 0) is 24.1 Å². The van der Waals surface area contributed by atoms with Gasteiger partial charge in [0.1, 0.15) is 5.75 Å². The van der Waals surface area contributed by atoms with E-state index >= 15 is 0 Å². The highest BCUT2D eigenvalue weighted by Crippen LogP contribution is 2.22. The fraction of sp³-hybridized carbons (Fsp3) is 0.417. The number of amides is 1. The standard InChI is InChI=1S/C12H12BrF2NO2/c13-10-5-6-16(11(10)17)7-8-1-3-9(4-2-8)18-12(14)15/h1-4,10,12H,5-7H2. The lowest BCUT2D eigenvalue weighted by molar-refractivity contribution is -0.127. The van der Waals surface area contributed by atoms with Gasteiger partial charge in [-0.25, -0.2) is 0 Å². The van der Waals surface area contributed by atoms with Crippen molar-refractivity contribution in [2.24, 2.45) is 0 Å². The van der Waals surface area contributed by atoms with Gasteiger partial charge in [-0.3, -0.25) is 4.79 Å². The zero-order chi connectivity index (χ0) is 13.1. The minimum Gasteiger partial charge on any atom is -0.435 e. The zero-order valence-electron chi connectivity index (χ0n) is 9.48. The minimum absolute atomic E-state index is 0.0721. The van der Waals surface area contributed by atoms with E-state index in [1.165, 1.54) is 12.1 Å². The van der Waals surface area contributed by atoms with Gasteiger partial charge in [0, 0.05) is 13.1 Å². The molecule has 2 rings (SSSR count). The summed E-state index contributed by atoms with van der Waals surface area (Å²) in [6, 6.07) is 6.33. The normalized spacial score (nSPS) is 19.7. The second-order valence-corrected chi connectivity index (χ2v) is 5.14. The number of carbonyl (C=O) groups excluding carboxylic acids is 1. The molecule has 18 heavy (non-hydrogen) atoms. The van der Waals surface area contributed by atoms with E-state index in [1.54, 1.807) is 17.0 Å². The molecule has 0 bridgehead atoms. The van der Waals surface area contributed by atoms with Crippen LogP contribution in [0.15, 0.2) is 24.3 Å². The van der Waals surface area contributed by atoms with Crippen LogP contribution in [0.2, 0.25) is 0 Å². The van der Waals surface area contributed by atoms with Crippen LogP contribution in [0.1, 0.15) is 12.0 Å². The summed E-state index contributed by atoms with van der Waals surface area (Å²) in [6.07, 6.45) is 0.797. The highest BCUT2D eigenvalue weighted by molar-refractivity contribution is 9.10. The number of hydrogen-bond donors (Lipinski definition) is 0. The van der Waals surface area contributed by atoms with Crippen LogP contribution in [-0.4, -0.2) is 28.8 Å². The largest absolute Gasteiger partial charge is 0.435 e. The number of likely N-dealkylation sites (tertiary alicyclic amines) is 1. The smallest absolute Gasteiger partial charge is 0.387 e. The number of benzene rings is 1. The van der Waals surface area contributed by atoms with Crippen molar-refractivity contribution >= 4 is 21.8 Å². The molecule has 0 radical (unpaired) electrons. The fourth-order valence-electron chi connectivity index (χ4n) is 1.85. The molecule has 0 N–H and O–H groups in total. The quantitative estimate of drug-likeness (QED) is 0.799. The summed E-state index contributed by atoms with van der Waals surface area (Å²) in [6.45, 7) is -1.61. The van der Waals surface area contributed by atoms with Gasteiger partial charge in [-0.1, -0.05) is 28.1 Å². The third-order valence-electron chi connectivity index (χ3n) is 2.75. The maximum absolute atomic E-state index is 12.0. The van der Waals surface area contributed by atoms with Crippen LogP contribution in [0.4, 0.5) is 8.78 Å². The number of halogens is 3. The van der Waals surface area contributed by atoms with Crippen molar-refractivity contribution < 1.29 is 18.3 Å². The molecule has 0 spiro atoms. The van der Waals surface area contributed by atoms with Crippen LogP contribution in [-0.2, 0) is 11.3 Å². The topological polar surface area (TPSA) is 29.5 Å². The number of rotatable bonds is 4. The van der Waals surface area contributed by atoms with E-state index in [2.05, 4.69) is 20.7 Å². The summed E-state index contributed by atoms with van der Waals surface area (Å²) >= 11 is 3.30. The predicted molar refractivity (Wildman–Crippen MR) is 65.8 cm³/mol. The Morgan fingerprint density at radius 3 is 2.56 bits per heavy atom. The third kappa shape index (κ3) is 3.19. The molecule has 1 aromatic carbocycles. The molecule has 1 heterocycles. The SMILES string of the molecule is O=C1C(Br)CCN1Cc1ccc(OC(F)F)cc1. The van der Waals surface area contributed by atoms with Crippen LogP contribution in [0.5, 0.6) is 5.75 Å². The maximum atomic E-state index is 12.0. The molecule has 0 saturated carbocycles. The van der Waals surface area contributed by atoms with Gasteiger partial charge in [-0.15, -0.1) is 0 Å². The van der Waals surface area contributed by atoms with E-state index in [1.807, 2.05) is 0 Å². The maximum Gasteiger partial charge on any atom is 0.387 e. The summed E-state index contributed by atoms with van der Waals surface area (Å²) < 4.78 is 28.2. The summed E-state index contributed by atoms with van der Waals surface area (Å²) in [4.78, 5) is 13.3. The average molecular weight is 320 g/mol. The first-order valence-electron chi connectivity index (χ1n) is 5.53. The lowest BCUT2D eigenvalue weighted by Gasteiger charge is -2.16. The molecule has 98 valence electrons. The van der Waals surface area contributed by atoms with Gasteiger partial charge in [0.05, 0.1) is 4.83 Å². The minimum atomic E-state index is -2.81. The Hall–Kier alpha value is -1.17. The molecule has 1 unspecified atom stereocenters. The summed E-state index contributed by atoms with van der Waals surface area (Å²) in [5.41, 5.74) is 0.895. The third-order valence-corrected chi connectivity index (χ3v) is 3.60. The first-order valence-corrected chi connectivity index (χ1v) is 6.44. The molecule has 3 nitrogen and oxygen atoms in total. The number of nitrogens with zero attached hydrogens (tertiary/aromatic N) is 1. The second kappa shape index (κ2) is 5.65. The molecule has 1 atom stereocenters. The molecule has 0 aromatic heterocycles. The van der Waals surface area contributed by atoms with E-state index in [0.29, 0.717) is 13.1 Å². The number of carbonyl (C=O) groups is 1. The Bertz CT molecular complexity index is 425. The van der Waals surface area contributed by atoms with Crippen molar-refractivity contribution in [3.8, 4) is 5.75 Å². The van der Waals surface area contributed by atoms with Crippen LogP contribution in [0.3, 0.4) is 0 Å². The highest BCUT2D eigenvalue weighted by Gasteiger charge is 2.28. The predicted octanol–water partition coefficient (Wildman–Crippen LogP) is 2.78. The lowest BCUT2D eigenvalue weighted by Crippen LogP contribution is -2.26. The van der Waals surface area contributed by atoms with Crippen molar-refractivity contribution in [3.05, 3.63) is 29.8 Å². The van der Waals surface area contributed by atoms with Crippen LogP contribution < -0.4 is 4.74 Å². The molecule has 1 fully saturated rings. The Labute approximate surface area is 112 Å². The molecule has 1 aromatic rings. The first-order chi connectivity index (χ1) is 8.56. The van der Waals surface area contributed by atoms with Crippen molar-refractivity contribution in [1.29, 1.82) is 0 Å². The van der Waals surface area contributed by atoms with Gasteiger partial charge in [-0.2, -0.15) is 8.78 Å². The molecule has 0 aliphatic carbocycles. The van der Waals surface area contributed by atoms with Crippen molar-refractivity contribution in [2.75, 3.05) is 6.54 Å². The molecule has 6 heteroatoms. The van der Waals surface area contributed by atoms with E-state index in [-0.39, 0.29) is 16.5 Å². The van der Waals surface area contributed by atoms with E-state index < -0.39 is 6.61 Å².